The average Bonchev–Trinajstić information content (AvgIpc) is 2.81. The highest BCUT2D eigenvalue weighted by Gasteiger charge is 2.13. The molecule has 2 heterocycles. The van der Waals surface area contributed by atoms with Crippen LogP contribution in [0.2, 0.25) is 0 Å². The van der Waals surface area contributed by atoms with Gasteiger partial charge in [0.05, 0.1) is 25.1 Å². The monoisotopic (exact) mass is 418 g/mol. The number of hydrogen-bond acceptors (Lipinski definition) is 6. The third kappa shape index (κ3) is 5.18. The van der Waals surface area contributed by atoms with E-state index in [1.165, 1.54) is 6.20 Å². The molecule has 3 N–H and O–H groups in total. The topological polar surface area (TPSA) is 107 Å². The highest BCUT2D eigenvalue weighted by atomic mass is 16.5. The van der Waals surface area contributed by atoms with E-state index in [4.69, 9.17) is 15.2 Å². The van der Waals surface area contributed by atoms with Crippen LogP contribution in [0.4, 0.5) is 11.4 Å². The van der Waals surface area contributed by atoms with Crippen molar-refractivity contribution >= 4 is 23.2 Å². The fraction of sp³-hybridized carbons (Fsp3) is 0.174. The zero-order valence-electron chi connectivity index (χ0n) is 16.8. The number of nitrogens with one attached hydrogen (secondary N) is 1. The standard InChI is InChI=1S/C23H22N4O4/c24-22(28)17-2-1-3-20(14-17)31-21-9-6-18(15-25-21)26-23(29)16-4-7-19(8-5-16)27-10-12-30-13-11-27/h1-9,14-15H,10-13H2,(H2,24,28)(H,26,29). The van der Waals surface area contributed by atoms with E-state index < -0.39 is 5.91 Å². The molecule has 158 valence electrons. The van der Waals surface area contributed by atoms with Crippen molar-refractivity contribution in [2.24, 2.45) is 5.73 Å². The number of pyridine rings is 1. The molecule has 4 rings (SSSR count). The van der Waals surface area contributed by atoms with Gasteiger partial charge in [-0.15, -0.1) is 0 Å². The Labute approximate surface area is 179 Å². The molecule has 1 aromatic heterocycles. The van der Waals surface area contributed by atoms with Gasteiger partial charge in [0.15, 0.2) is 0 Å². The van der Waals surface area contributed by atoms with Gasteiger partial charge in [-0.3, -0.25) is 9.59 Å². The first kappa shape index (κ1) is 20.4. The molecule has 0 saturated carbocycles. The second-order valence-electron chi connectivity index (χ2n) is 6.98. The molecule has 1 aliphatic rings. The second-order valence-corrected chi connectivity index (χ2v) is 6.98. The molecule has 0 bridgehead atoms. The van der Waals surface area contributed by atoms with Gasteiger partial charge in [-0.2, -0.15) is 0 Å². The van der Waals surface area contributed by atoms with Gasteiger partial charge in [-0.05, 0) is 48.5 Å². The van der Waals surface area contributed by atoms with Crippen molar-refractivity contribution in [3.8, 4) is 11.6 Å². The second kappa shape index (κ2) is 9.27. The molecular weight excluding hydrogens is 396 g/mol. The fourth-order valence-corrected chi connectivity index (χ4v) is 3.20. The Balaban J connectivity index is 1.36. The van der Waals surface area contributed by atoms with Crippen LogP contribution in [0.25, 0.3) is 0 Å². The SMILES string of the molecule is NC(=O)c1cccc(Oc2ccc(NC(=O)c3ccc(N4CCOCC4)cc3)cn2)c1. The predicted octanol–water partition coefficient (Wildman–Crippen LogP) is 3.06. The lowest BCUT2D eigenvalue weighted by Crippen LogP contribution is -2.36. The van der Waals surface area contributed by atoms with Crippen LogP contribution in [0.5, 0.6) is 11.6 Å². The maximum absolute atomic E-state index is 12.5. The Bertz CT molecular complexity index is 1060. The molecule has 1 fully saturated rings. The summed E-state index contributed by atoms with van der Waals surface area (Å²) in [6.45, 7) is 3.12. The molecule has 0 atom stereocenters. The number of carbonyl (C=O) groups is 2. The number of amides is 2. The van der Waals surface area contributed by atoms with Crippen LogP contribution in [0, 0.1) is 0 Å². The molecule has 8 nitrogen and oxygen atoms in total. The van der Waals surface area contributed by atoms with Crippen molar-refractivity contribution < 1.29 is 19.1 Å². The number of carbonyl (C=O) groups excluding carboxylic acids is 2. The molecule has 0 radical (unpaired) electrons. The van der Waals surface area contributed by atoms with Gasteiger partial charge in [0.25, 0.3) is 5.91 Å². The van der Waals surface area contributed by atoms with Crippen LogP contribution in [-0.2, 0) is 4.74 Å². The van der Waals surface area contributed by atoms with Crippen LogP contribution in [0.15, 0.2) is 66.9 Å². The largest absolute Gasteiger partial charge is 0.439 e. The highest BCUT2D eigenvalue weighted by molar-refractivity contribution is 6.04. The van der Waals surface area contributed by atoms with E-state index in [0.717, 1.165) is 18.8 Å². The quantitative estimate of drug-likeness (QED) is 0.637. The van der Waals surface area contributed by atoms with Crippen LogP contribution in [-0.4, -0.2) is 43.1 Å². The summed E-state index contributed by atoms with van der Waals surface area (Å²) in [4.78, 5) is 30.2. The fourth-order valence-electron chi connectivity index (χ4n) is 3.20. The Morgan fingerprint density at radius 3 is 2.45 bits per heavy atom. The number of nitrogens with zero attached hydrogens (tertiary/aromatic N) is 2. The molecule has 1 aliphatic heterocycles. The number of anilines is 2. The van der Waals surface area contributed by atoms with Gasteiger partial charge in [0.2, 0.25) is 11.8 Å². The molecule has 2 amide bonds. The minimum atomic E-state index is -0.533. The first-order valence-corrected chi connectivity index (χ1v) is 9.86. The maximum atomic E-state index is 12.5. The summed E-state index contributed by atoms with van der Waals surface area (Å²) < 4.78 is 11.0. The number of morpholine rings is 1. The minimum absolute atomic E-state index is 0.224. The normalized spacial score (nSPS) is 13.5. The van der Waals surface area contributed by atoms with Crippen LogP contribution >= 0.6 is 0 Å². The number of primary amides is 1. The van der Waals surface area contributed by atoms with Crippen molar-refractivity contribution in [3.05, 3.63) is 78.0 Å². The molecule has 0 unspecified atom stereocenters. The Morgan fingerprint density at radius 2 is 1.77 bits per heavy atom. The third-order valence-corrected chi connectivity index (χ3v) is 4.84. The van der Waals surface area contributed by atoms with E-state index in [2.05, 4.69) is 15.2 Å². The Kier molecular flexibility index (Phi) is 6.09. The third-order valence-electron chi connectivity index (χ3n) is 4.84. The first-order chi connectivity index (χ1) is 15.1. The van der Waals surface area contributed by atoms with Crippen LogP contribution < -0.4 is 20.7 Å². The summed E-state index contributed by atoms with van der Waals surface area (Å²) in [5.41, 5.74) is 7.80. The average molecular weight is 418 g/mol. The number of benzene rings is 2. The molecule has 8 heteroatoms. The Morgan fingerprint density at radius 1 is 1.00 bits per heavy atom. The number of nitrogens with two attached hydrogens (primary N) is 1. The number of rotatable bonds is 6. The highest BCUT2D eigenvalue weighted by Crippen LogP contribution is 2.22. The maximum Gasteiger partial charge on any atom is 0.255 e. The summed E-state index contributed by atoms with van der Waals surface area (Å²) in [6.07, 6.45) is 1.51. The number of aromatic nitrogens is 1. The van der Waals surface area contributed by atoms with Crippen LogP contribution in [0.1, 0.15) is 20.7 Å². The van der Waals surface area contributed by atoms with Gasteiger partial charge in [0.1, 0.15) is 5.75 Å². The summed E-state index contributed by atoms with van der Waals surface area (Å²) in [5, 5.41) is 2.82. The predicted molar refractivity (Wildman–Crippen MR) is 117 cm³/mol. The van der Waals surface area contributed by atoms with Gasteiger partial charge >= 0.3 is 0 Å². The van der Waals surface area contributed by atoms with Gasteiger partial charge in [-0.25, -0.2) is 4.98 Å². The summed E-state index contributed by atoms with van der Waals surface area (Å²) in [5.74, 6) is 0.0167. The molecule has 0 aliphatic carbocycles. The van der Waals surface area contributed by atoms with Crippen molar-refractivity contribution in [1.82, 2.24) is 4.98 Å². The molecule has 3 aromatic rings. The van der Waals surface area contributed by atoms with Gasteiger partial charge in [0, 0.05) is 36.0 Å². The van der Waals surface area contributed by atoms with Gasteiger partial charge < -0.3 is 25.4 Å². The zero-order valence-corrected chi connectivity index (χ0v) is 16.8. The minimum Gasteiger partial charge on any atom is -0.439 e. The van der Waals surface area contributed by atoms with Crippen molar-refractivity contribution in [1.29, 1.82) is 0 Å². The Hall–Kier alpha value is -3.91. The van der Waals surface area contributed by atoms with Crippen LogP contribution in [0.3, 0.4) is 0 Å². The molecular formula is C23H22N4O4. The summed E-state index contributed by atoms with van der Waals surface area (Å²) in [7, 11) is 0. The van der Waals surface area contributed by atoms with E-state index in [0.29, 0.717) is 41.7 Å². The summed E-state index contributed by atoms with van der Waals surface area (Å²) >= 11 is 0. The van der Waals surface area contributed by atoms with Crippen molar-refractivity contribution in [2.75, 3.05) is 36.5 Å². The molecule has 2 aromatic carbocycles. The summed E-state index contributed by atoms with van der Waals surface area (Å²) in [6, 6.07) is 17.3. The van der Waals surface area contributed by atoms with E-state index >= 15 is 0 Å². The van der Waals surface area contributed by atoms with Crippen molar-refractivity contribution in [2.45, 2.75) is 0 Å². The van der Waals surface area contributed by atoms with E-state index in [-0.39, 0.29) is 5.91 Å². The first-order valence-electron chi connectivity index (χ1n) is 9.86. The lowest BCUT2D eigenvalue weighted by molar-refractivity contribution is 0.0997. The molecule has 0 spiro atoms. The van der Waals surface area contributed by atoms with E-state index in [1.54, 1.807) is 48.5 Å². The van der Waals surface area contributed by atoms with E-state index in [9.17, 15) is 9.59 Å². The number of ether oxygens (including phenoxy) is 2. The van der Waals surface area contributed by atoms with Gasteiger partial charge in [-0.1, -0.05) is 6.07 Å². The van der Waals surface area contributed by atoms with Crippen molar-refractivity contribution in [3.63, 3.8) is 0 Å². The lowest BCUT2D eigenvalue weighted by atomic mass is 10.1. The smallest absolute Gasteiger partial charge is 0.255 e. The van der Waals surface area contributed by atoms with E-state index in [1.807, 2.05) is 12.1 Å². The molecule has 1 saturated heterocycles. The number of hydrogen-bond donors (Lipinski definition) is 2. The lowest BCUT2D eigenvalue weighted by Gasteiger charge is -2.28. The zero-order chi connectivity index (χ0) is 21.6. The molecule has 31 heavy (non-hydrogen) atoms.